The number of hydrogen-bond acceptors (Lipinski definition) is 5. The van der Waals surface area contributed by atoms with Crippen molar-refractivity contribution in [3.63, 3.8) is 0 Å². The minimum atomic E-state index is -4.90. The van der Waals surface area contributed by atoms with Gasteiger partial charge in [-0.25, -0.2) is 9.59 Å². The molecule has 25 heavy (non-hydrogen) atoms. The zero-order chi connectivity index (χ0) is 19.2. The molecular formula is C16H24F3NO5. The van der Waals surface area contributed by atoms with Gasteiger partial charge in [-0.15, -0.1) is 0 Å². The normalized spacial score (nSPS) is 32.5. The van der Waals surface area contributed by atoms with Gasteiger partial charge in [0.25, 0.3) is 0 Å². The molecule has 3 aliphatic rings. The number of fused-ring (bicyclic) bond motifs is 3. The van der Waals surface area contributed by atoms with Crippen LogP contribution in [0.1, 0.15) is 47.0 Å². The summed E-state index contributed by atoms with van der Waals surface area (Å²) in [4.78, 5) is 25.9. The number of hydrogen-bond donors (Lipinski definition) is 1. The lowest BCUT2D eigenvalue weighted by molar-refractivity contribution is -0.313. The first-order chi connectivity index (χ1) is 11.3. The highest BCUT2D eigenvalue weighted by molar-refractivity contribution is 5.83. The quantitative estimate of drug-likeness (QED) is 0.760. The third kappa shape index (κ3) is 3.56. The first-order valence-electron chi connectivity index (χ1n) is 8.29. The smallest absolute Gasteiger partial charge is 0.417 e. The second kappa shape index (κ2) is 6.34. The van der Waals surface area contributed by atoms with Crippen LogP contribution in [0, 0.1) is 5.92 Å². The van der Waals surface area contributed by atoms with Crippen LogP contribution in [0.3, 0.4) is 0 Å². The Balaban J connectivity index is 2.41. The Kier molecular flexibility index (Phi) is 5.02. The highest BCUT2D eigenvalue weighted by Gasteiger charge is 2.69. The molecule has 3 unspecified atom stereocenters. The van der Waals surface area contributed by atoms with Crippen molar-refractivity contribution in [2.24, 2.45) is 5.92 Å². The number of carbonyl (C=O) groups excluding carboxylic acids is 2. The second-order valence-electron chi connectivity index (χ2n) is 7.55. The van der Waals surface area contributed by atoms with Crippen LogP contribution in [-0.2, 0) is 14.3 Å². The zero-order valence-electron chi connectivity index (χ0n) is 14.7. The molecule has 3 fully saturated rings. The molecule has 0 radical (unpaired) electrons. The van der Waals surface area contributed by atoms with Gasteiger partial charge in [-0.05, 0) is 40.5 Å². The van der Waals surface area contributed by atoms with Crippen LogP contribution in [0.2, 0.25) is 0 Å². The largest absolute Gasteiger partial charge is 0.464 e. The molecule has 3 rings (SSSR count). The molecule has 1 saturated carbocycles. The van der Waals surface area contributed by atoms with Gasteiger partial charge in [-0.3, -0.25) is 4.90 Å². The van der Waals surface area contributed by atoms with E-state index in [1.165, 1.54) is 6.92 Å². The van der Waals surface area contributed by atoms with Gasteiger partial charge in [0.05, 0.1) is 6.61 Å². The molecule has 2 saturated heterocycles. The fourth-order valence-electron chi connectivity index (χ4n) is 3.71. The fraction of sp³-hybridized carbons (Fsp3) is 0.875. The van der Waals surface area contributed by atoms with Gasteiger partial charge in [0, 0.05) is 18.4 Å². The zero-order valence-corrected chi connectivity index (χ0v) is 14.7. The Bertz CT molecular complexity index is 545. The first-order valence-corrected chi connectivity index (χ1v) is 8.29. The molecule has 1 amide bonds. The summed E-state index contributed by atoms with van der Waals surface area (Å²) in [6, 6.07) is -2.46. The number of piperidine rings is 2. The maximum absolute atomic E-state index is 13.5. The molecular weight excluding hydrogens is 343 g/mol. The SMILES string of the molecule is CCOC(=O)[C@@H]1C2CCC(CC2(O)C(F)(F)F)N1C(=O)OC(C)(C)C. The molecule has 2 heterocycles. The van der Waals surface area contributed by atoms with Gasteiger partial charge in [0.1, 0.15) is 11.6 Å². The molecule has 1 N–H and O–H groups in total. The van der Waals surface area contributed by atoms with E-state index in [1.54, 1.807) is 20.8 Å². The molecule has 0 aromatic carbocycles. The van der Waals surface area contributed by atoms with Crippen molar-refractivity contribution in [2.45, 2.75) is 76.4 Å². The second-order valence-corrected chi connectivity index (χ2v) is 7.55. The van der Waals surface area contributed by atoms with E-state index in [1.807, 2.05) is 0 Å². The molecule has 144 valence electrons. The van der Waals surface area contributed by atoms with Crippen molar-refractivity contribution < 1.29 is 37.3 Å². The van der Waals surface area contributed by atoms with E-state index in [-0.39, 0.29) is 19.4 Å². The summed E-state index contributed by atoms with van der Waals surface area (Å²) < 4.78 is 50.5. The topological polar surface area (TPSA) is 76.1 Å². The Morgan fingerprint density at radius 3 is 2.32 bits per heavy atom. The Morgan fingerprint density at radius 2 is 1.84 bits per heavy atom. The lowest BCUT2D eigenvalue weighted by atomic mass is 9.64. The van der Waals surface area contributed by atoms with Gasteiger partial charge in [0.15, 0.2) is 5.60 Å². The predicted octanol–water partition coefficient (Wildman–Crippen LogP) is 2.63. The maximum Gasteiger partial charge on any atom is 0.417 e. The van der Waals surface area contributed by atoms with Crippen LogP contribution in [0.25, 0.3) is 0 Å². The maximum atomic E-state index is 13.5. The molecule has 6 nitrogen and oxygen atoms in total. The van der Waals surface area contributed by atoms with Gasteiger partial charge < -0.3 is 14.6 Å². The average molecular weight is 367 g/mol. The Hall–Kier alpha value is -1.51. The highest BCUT2D eigenvalue weighted by atomic mass is 19.4. The number of alkyl halides is 3. The molecule has 9 heteroatoms. The molecule has 1 aliphatic carbocycles. The number of esters is 1. The number of rotatable bonds is 2. The monoisotopic (exact) mass is 367 g/mol. The van der Waals surface area contributed by atoms with E-state index >= 15 is 0 Å². The number of carbonyl (C=O) groups is 2. The van der Waals surface area contributed by atoms with Crippen molar-refractivity contribution in [3.05, 3.63) is 0 Å². The summed E-state index contributed by atoms with van der Waals surface area (Å²) in [6.45, 7) is 6.35. The van der Waals surface area contributed by atoms with Gasteiger partial charge in [-0.2, -0.15) is 13.2 Å². The Labute approximate surface area is 144 Å². The van der Waals surface area contributed by atoms with Crippen molar-refractivity contribution >= 4 is 12.1 Å². The minimum Gasteiger partial charge on any atom is -0.464 e. The van der Waals surface area contributed by atoms with Crippen LogP contribution >= 0.6 is 0 Å². The molecule has 2 bridgehead atoms. The number of aliphatic hydroxyl groups is 1. The van der Waals surface area contributed by atoms with Crippen LogP contribution < -0.4 is 0 Å². The van der Waals surface area contributed by atoms with E-state index in [9.17, 15) is 27.9 Å². The average Bonchev–Trinajstić information content (AvgIpc) is 2.44. The molecule has 2 aliphatic heterocycles. The molecule has 0 spiro atoms. The number of ether oxygens (including phenoxy) is 2. The van der Waals surface area contributed by atoms with Crippen LogP contribution in [0.4, 0.5) is 18.0 Å². The summed E-state index contributed by atoms with van der Waals surface area (Å²) in [5.74, 6) is -2.44. The van der Waals surface area contributed by atoms with Gasteiger partial charge in [0.2, 0.25) is 0 Å². The van der Waals surface area contributed by atoms with E-state index < -0.39 is 53.9 Å². The van der Waals surface area contributed by atoms with Gasteiger partial charge in [-0.1, -0.05) is 0 Å². The van der Waals surface area contributed by atoms with Crippen molar-refractivity contribution in [2.75, 3.05) is 6.61 Å². The standard InChI is InChI=1S/C16H24F3NO5/c1-5-24-12(21)11-10-7-6-9(8-15(10,23)16(17,18)19)20(11)13(22)25-14(2,3)4/h9-11,23H,5-8H2,1-4H3/t9?,10?,11-,15?/m0/s1. The van der Waals surface area contributed by atoms with Crippen molar-refractivity contribution in [3.8, 4) is 0 Å². The minimum absolute atomic E-state index is 0.0243. The number of amides is 1. The predicted molar refractivity (Wildman–Crippen MR) is 80.6 cm³/mol. The summed E-state index contributed by atoms with van der Waals surface area (Å²) in [6.07, 6.45) is -6.21. The van der Waals surface area contributed by atoms with Crippen LogP contribution in [0.5, 0.6) is 0 Å². The van der Waals surface area contributed by atoms with E-state index in [4.69, 9.17) is 9.47 Å². The summed E-state index contributed by atoms with van der Waals surface area (Å²) in [7, 11) is 0. The lowest BCUT2D eigenvalue weighted by Crippen LogP contribution is -2.73. The molecule has 0 aromatic rings. The van der Waals surface area contributed by atoms with Crippen LogP contribution in [0.15, 0.2) is 0 Å². The summed E-state index contributed by atoms with van der Waals surface area (Å²) in [5, 5.41) is 10.3. The third-order valence-electron chi connectivity index (χ3n) is 4.67. The van der Waals surface area contributed by atoms with Crippen LogP contribution in [-0.4, -0.2) is 58.1 Å². The lowest BCUT2D eigenvalue weighted by Gasteiger charge is -2.56. The fourth-order valence-corrected chi connectivity index (χ4v) is 3.71. The third-order valence-corrected chi connectivity index (χ3v) is 4.67. The molecule has 0 aromatic heterocycles. The van der Waals surface area contributed by atoms with E-state index in [2.05, 4.69) is 0 Å². The summed E-state index contributed by atoms with van der Waals surface area (Å²) >= 11 is 0. The number of nitrogens with zero attached hydrogens (tertiary/aromatic N) is 1. The molecule has 4 atom stereocenters. The van der Waals surface area contributed by atoms with Crippen molar-refractivity contribution in [1.82, 2.24) is 4.90 Å². The highest BCUT2D eigenvalue weighted by Crippen LogP contribution is 2.53. The van der Waals surface area contributed by atoms with E-state index in [0.717, 1.165) is 4.90 Å². The number of halogens is 3. The van der Waals surface area contributed by atoms with Gasteiger partial charge >= 0.3 is 18.2 Å². The summed E-state index contributed by atoms with van der Waals surface area (Å²) in [5.41, 5.74) is -3.89. The Morgan fingerprint density at radius 1 is 1.24 bits per heavy atom. The van der Waals surface area contributed by atoms with E-state index in [0.29, 0.717) is 0 Å². The van der Waals surface area contributed by atoms with Crippen molar-refractivity contribution in [1.29, 1.82) is 0 Å². The first kappa shape index (κ1) is 19.8.